The second-order valence-corrected chi connectivity index (χ2v) is 10.5. The molecule has 33 heavy (non-hydrogen) atoms. The lowest BCUT2D eigenvalue weighted by atomic mass is 9.94. The van der Waals surface area contributed by atoms with Gasteiger partial charge in [-0.05, 0) is 18.9 Å². The van der Waals surface area contributed by atoms with E-state index in [9.17, 15) is 13.3 Å². The number of rotatable bonds is 5. The Morgan fingerprint density at radius 3 is 2.45 bits per heavy atom. The molecule has 2 N–H and O–H groups in total. The van der Waals surface area contributed by atoms with Gasteiger partial charge < -0.3 is 5.73 Å². The van der Waals surface area contributed by atoms with Gasteiger partial charge in [0.2, 0.25) is 0 Å². The molecule has 0 amide bonds. The molecule has 4 aromatic rings. The number of nitrogen functional groups attached to an aromatic ring is 1. The molecule has 1 fully saturated rings. The number of sulfone groups is 1. The Hall–Kier alpha value is -3.66. The van der Waals surface area contributed by atoms with Crippen molar-refractivity contribution >= 4 is 21.3 Å². The van der Waals surface area contributed by atoms with Crippen LogP contribution in [0.3, 0.4) is 0 Å². The van der Waals surface area contributed by atoms with Crippen LogP contribution in [0.5, 0.6) is 0 Å². The second kappa shape index (κ2) is 8.36. The molecule has 0 radical (unpaired) electrons. The molecule has 3 aromatic heterocycles. The lowest BCUT2D eigenvalue weighted by Crippen LogP contribution is -2.24. The first-order valence-electron chi connectivity index (χ1n) is 10.6. The van der Waals surface area contributed by atoms with Crippen molar-refractivity contribution in [1.29, 1.82) is 0 Å². The molecule has 0 atom stereocenters. The van der Waals surface area contributed by atoms with Gasteiger partial charge in [-0.1, -0.05) is 41.6 Å². The van der Waals surface area contributed by atoms with Gasteiger partial charge in [0.25, 0.3) is 0 Å². The van der Waals surface area contributed by atoms with Crippen LogP contribution in [0.25, 0.3) is 28.0 Å². The molecule has 168 valence electrons. The smallest absolute Gasteiger partial charge is 0.165 e. The third-order valence-corrected chi connectivity index (χ3v) is 7.84. The van der Waals surface area contributed by atoms with E-state index in [1.165, 1.54) is 4.52 Å². The molecule has 5 rings (SSSR count). The van der Waals surface area contributed by atoms with E-state index < -0.39 is 9.84 Å². The first kappa shape index (κ1) is 21.2. The average molecular weight is 463 g/mol. The van der Waals surface area contributed by atoms with Gasteiger partial charge in [0.1, 0.15) is 22.2 Å². The van der Waals surface area contributed by atoms with Gasteiger partial charge >= 0.3 is 0 Å². The van der Waals surface area contributed by atoms with Crippen molar-refractivity contribution in [2.24, 2.45) is 5.18 Å². The average Bonchev–Trinajstić information content (AvgIpc) is 3.26. The number of nitroso groups, excluding NO2 is 1. The fourth-order valence-electron chi connectivity index (χ4n) is 4.33. The number of anilines is 1. The van der Waals surface area contributed by atoms with Crippen LogP contribution in [0.2, 0.25) is 0 Å². The maximum Gasteiger partial charge on any atom is 0.165 e. The standard InChI is InChI=1S/C23H22N6O3S/c24-22-19(14-27-30)21(16-8-10-33(31,32)11-9-16)28-23-18(13-26-29(22)23)17-6-7-20(25-12-17)15-4-2-1-3-5-15/h1-7,12-13,16H,8-11,14,24H2. The minimum atomic E-state index is -3.04. The molecule has 1 aromatic carbocycles. The van der Waals surface area contributed by atoms with Gasteiger partial charge in [-0.15, -0.1) is 0 Å². The van der Waals surface area contributed by atoms with E-state index in [1.807, 2.05) is 42.5 Å². The number of nitrogens with two attached hydrogens (primary N) is 1. The van der Waals surface area contributed by atoms with Crippen LogP contribution >= 0.6 is 0 Å². The SMILES string of the molecule is Nc1c(CN=O)c(C2CCS(=O)(=O)CC2)nc2c(-c3ccc(-c4ccccc4)nc3)cnn12. The third kappa shape index (κ3) is 3.97. The summed E-state index contributed by atoms with van der Waals surface area (Å²) < 4.78 is 25.3. The number of fused-ring (bicyclic) bond motifs is 1. The van der Waals surface area contributed by atoms with Crippen molar-refractivity contribution < 1.29 is 8.42 Å². The molecule has 0 bridgehead atoms. The number of hydrogen-bond donors (Lipinski definition) is 1. The quantitative estimate of drug-likeness (QED) is 0.448. The predicted molar refractivity (Wildman–Crippen MR) is 126 cm³/mol. The monoisotopic (exact) mass is 462 g/mol. The van der Waals surface area contributed by atoms with Crippen LogP contribution in [-0.4, -0.2) is 39.5 Å². The molecule has 1 aliphatic rings. The zero-order valence-electron chi connectivity index (χ0n) is 17.8. The van der Waals surface area contributed by atoms with E-state index in [2.05, 4.69) is 15.3 Å². The fourth-order valence-corrected chi connectivity index (χ4v) is 5.82. The molecule has 1 aliphatic heterocycles. The highest BCUT2D eigenvalue weighted by atomic mass is 32.2. The highest BCUT2D eigenvalue weighted by Crippen LogP contribution is 2.35. The van der Waals surface area contributed by atoms with Gasteiger partial charge in [-0.2, -0.15) is 14.5 Å². The molecular weight excluding hydrogens is 440 g/mol. The highest BCUT2D eigenvalue weighted by Gasteiger charge is 2.29. The van der Waals surface area contributed by atoms with Crippen LogP contribution in [0.4, 0.5) is 5.82 Å². The van der Waals surface area contributed by atoms with E-state index in [0.717, 1.165) is 22.4 Å². The van der Waals surface area contributed by atoms with Gasteiger partial charge in [0.15, 0.2) is 5.65 Å². The van der Waals surface area contributed by atoms with Gasteiger partial charge in [-0.3, -0.25) is 4.98 Å². The summed E-state index contributed by atoms with van der Waals surface area (Å²) >= 11 is 0. The van der Waals surface area contributed by atoms with Crippen molar-refractivity contribution in [3.63, 3.8) is 0 Å². The van der Waals surface area contributed by atoms with E-state index in [1.54, 1.807) is 12.4 Å². The molecule has 0 aliphatic carbocycles. The van der Waals surface area contributed by atoms with Gasteiger partial charge in [0.05, 0.1) is 29.1 Å². The zero-order chi connectivity index (χ0) is 23.0. The molecule has 1 saturated heterocycles. The fraction of sp³-hybridized carbons (Fsp3) is 0.261. The topological polar surface area (TPSA) is 133 Å². The summed E-state index contributed by atoms with van der Waals surface area (Å²) in [5.74, 6) is 0.368. The van der Waals surface area contributed by atoms with Crippen LogP contribution in [0.1, 0.15) is 30.0 Å². The summed E-state index contributed by atoms with van der Waals surface area (Å²) in [5, 5.41) is 7.41. The second-order valence-electron chi connectivity index (χ2n) is 8.17. The zero-order valence-corrected chi connectivity index (χ0v) is 18.6. The Balaban J connectivity index is 1.58. The molecular formula is C23H22N6O3S. The molecule has 0 saturated carbocycles. The summed E-state index contributed by atoms with van der Waals surface area (Å²) in [6, 6.07) is 13.8. The van der Waals surface area contributed by atoms with E-state index >= 15 is 0 Å². The van der Waals surface area contributed by atoms with Crippen LogP contribution < -0.4 is 5.73 Å². The Bertz CT molecular complexity index is 1420. The molecule has 4 heterocycles. The van der Waals surface area contributed by atoms with Crippen LogP contribution in [0.15, 0.2) is 60.0 Å². The maximum absolute atomic E-state index is 11.9. The number of pyridine rings is 1. The summed E-state index contributed by atoms with van der Waals surface area (Å²) in [6.07, 6.45) is 4.32. The minimum absolute atomic E-state index is 0.0926. The van der Waals surface area contributed by atoms with E-state index in [-0.39, 0.29) is 24.0 Å². The largest absolute Gasteiger partial charge is 0.383 e. The molecule has 0 spiro atoms. The predicted octanol–water partition coefficient (Wildman–Crippen LogP) is 3.60. The maximum atomic E-state index is 11.9. The number of aromatic nitrogens is 4. The van der Waals surface area contributed by atoms with Gasteiger partial charge in [-0.25, -0.2) is 13.4 Å². The summed E-state index contributed by atoms with van der Waals surface area (Å²) in [7, 11) is -3.04. The highest BCUT2D eigenvalue weighted by molar-refractivity contribution is 7.91. The van der Waals surface area contributed by atoms with Crippen molar-refractivity contribution in [1.82, 2.24) is 19.6 Å². The van der Waals surface area contributed by atoms with Crippen LogP contribution in [-0.2, 0) is 16.4 Å². The minimum Gasteiger partial charge on any atom is -0.383 e. The Kier molecular flexibility index (Phi) is 5.37. The van der Waals surface area contributed by atoms with Crippen molar-refractivity contribution in [3.05, 3.63) is 71.0 Å². The first-order valence-corrected chi connectivity index (χ1v) is 12.5. The Morgan fingerprint density at radius 1 is 1.03 bits per heavy atom. The lowest BCUT2D eigenvalue weighted by Gasteiger charge is -2.24. The summed E-state index contributed by atoms with van der Waals surface area (Å²) in [5.41, 5.74) is 11.5. The lowest BCUT2D eigenvalue weighted by molar-refractivity contribution is 0.542. The van der Waals surface area contributed by atoms with Crippen LogP contribution in [0, 0.1) is 4.91 Å². The normalized spacial score (nSPS) is 16.1. The molecule has 10 heteroatoms. The van der Waals surface area contributed by atoms with E-state index in [0.29, 0.717) is 35.6 Å². The summed E-state index contributed by atoms with van der Waals surface area (Å²) in [4.78, 5) is 20.5. The Morgan fingerprint density at radius 2 is 1.79 bits per heavy atom. The summed E-state index contributed by atoms with van der Waals surface area (Å²) in [6.45, 7) is -0.143. The first-order chi connectivity index (χ1) is 16.0. The third-order valence-electron chi connectivity index (χ3n) is 6.12. The number of hydrogen-bond acceptors (Lipinski definition) is 8. The molecule has 0 unspecified atom stereocenters. The van der Waals surface area contributed by atoms with Gasteiger partial charge in [0, 0.05) is 34.4 Å². The van der Waals surface area contributed by atoms with Crippen molar-refractivity contribution in [3.8, 4) is 22.4 Å². The van der Waals surface area contributed by atoms with E-state index in [4.69, 9.17) is 10.7 Å². The Labute approximate surface area is 190 Å². The van der Waals surface area contributed by atoms with Crippen molar-refractivity contribution in [2.45, 2.75) is 25.3 Å². The number of nitrogens with zero attached hydrogens (tertiary/aromatic N) is 5. The van der Waals surface area contributed by atoms with Crippen molar-refractivity contribution in [2.75, 3.05) is 17.2 Å². The number of benzene rings is 1. The molecule has 9 nitrogen and oxygen atoms in total.